The van der Waals surface area contributed by atoms with Crippen molar-refractivity contribution in [2.45, 2.75) is 26.8 Å². The average Bonchev–Trinajstić information content (AvgIpc) is 2.54. The van der Waals surface area contributed by atoms with Gasteiger partial charge in [-0.05, 0) is 55.3 Å². The van der Waals surface area contributed by atoms with Crippen LogP contribution in [0.5, 0.6) is 11.5 Å². The van der Waals surface area contributed by atoms with Gasteiger partial charge in [0.2, 0.25) is 0 Å². The Kier molecular flexibility index (Phi) is 6.59. The number of nitrogens with one attached hydrogen (secondary N) is 1. The maximum absolute atomic E-state index is 5.72. The lowest BCUT2D eigenvalue weighted by Gasteiger charge is -2.13. The fourth-order valence-corrected chi connectivity index (χ4v) is 2.30. The van der Waals surface area contributed by atoms with Crippen molar-refractivity contribution < 1.29 is 9.47 Å². The Morgan fingerprint density at radius 3 is 2.41 bits per heavy atom. The Balaban J connectivity index is 2.04. The van der Waals surface area contributed by atoms with E-state index in [0.29, 0.717) is 13.2 Å². The highest BCUT2D eigenvalue weighted by atomic mass is 79.9. The molecule has 0 radical (unpaired) electrons. The molecule has 0 atom stereocenters. The number of hydrogen-bond donors (Lipinski definition) is 1. The van der Waals surface area contributed by atoms with Gasteiger partial charge in [-0.15, -0.1) is 0 Å². The molecular weight excluding hydrogens is 342 g/mol. The second kappa shape index (κ2) is 8.69. The van der Waals surface area contributed by atoms with E-state index in [1.165, 1.54) is 0 Å². The van der Waals surface area contributed by atoms with Crippen LogP contribution < -0.4 is 14.8 Å². The fourth-order valence-electron chi connectivity index (χ4n) is 2.03. The number of halogens is 1. The minimum atomic E-state index is 0.631. The van der Waals surface area contributed by atoms with Crippen LogP contribution in [0.2, 0.25) is 0 Å². The molecule has 0 spiro atoms. The van der Waals surface area contributed by atoms with Crippen molar-refractivity contribution >= 4 is 21.6 Å². The van der Waals surface area contributed by atoms with E-state index in [-0.39, 0.29) is 0 Å². The topological polar surface area (TPSA) is 30.5 Å². The molecule has 2 rings (SSSR count). The third kappa shape index (κ3) is 4.95. The smallest absolute Gasteiger partial charge is 0.161 e. The zero-order chi connectivity index (χ0) is 15.8. The first kappa shape index (κ1) is 16.7. The molecule has 118 valence electrons. The lowest BCUT2D eigenvalue weighted by atomic mass is 10.2. The van der Waals surface area contributed by atoms with Gasteiger partial charge in [0.15, 0.2) is 11.5 Å². The summed E-state index contributed by atoms with van der Waals surface area (Å²) < 4.78 is 12.5. The molecular formula is C18H22BrNO2. The second-order valence-electron chi connectivity index (χ2n) is 4.92. The third-order valence-electron chi connectivity index (χ3n) is 3.11. The number of ether oxygens (including phenoxy) is 2. The molecule has 0 saturated carbocycles. The van der Waals surface area contributed by atoms with Crippen LogP contribution in [0, 0.1) is 0 Å². The van der Waals surface area contributed by atoms with Crippen LogP contribution in [-0.4, -0.2) is 13.2 Å². The highest BCUT2D eigenvalue weighted by molar-refractivity contribution is 9.10. The Morgan fingerprint density at radius 2 is 1.73 bits per heavy atom. The van der Waals surface area contributed by atoms with Crippen molar-refractivity contribution in [1.82, 2.24) is 0 Å². The molecule has 2 aromatic rings. The molecule has 0 amide bonds. The molecule has 0 aromatic heterocycles. The zero-order valence-electron chi connectivity index (χ0n) is 13.1. The molecule has 3 nitrogen and oxygen atoms in total. The van der Waals surface area contributed by atoms with Crippen molar-refractivity contribution in [2.75, 3.05) is 18.5 Å². The molecule has 0 fully saturated rings. The maximum atomic E-state index is 5.72. The van der Waals surface area contributed by atoms with Gasteiger partial charge in [0.25, 0.3) is 0 Å². The van der Waals surface area contributed by atoms with Gasteiger partial charge >= 0.3 is 0 Å². The minimum Gasteiger partial charge on any atom is -0.490 e. The Bertz CT molecular complexity index is 584. The summed E-state index contributed by atoms with van der Waals surface area (Å²) in [5.41, 5.74) is 2.25. The third-order valence-corrected chi connectivity index (χ3v) is 3.64. The van der Waals surface area contributed by atoms with E-state index in [0.717, 1.165) is 40.2 Å². The van der Waals surface area contributed by atoms with Gasteiger partial charge in [0, 0.05) is 16.7 Å². The molecule has 22 heavy (non-hydrogen) atoms. The maximum Gasteiger partial charge on any atom is 0.161 e. The van der Waals surface area contributed by atoms with Crippen LogP contribution in [0.1, 0.15) is 25.8 Å². The van der Waals surface area contributed by atoms with Crippen molar-refractivity contribution in [1.29, 1.82) is 0 Å². The first-order valence-corrected chi connectivity index (χ1v) is 8.40. The molecule has 0 aliphatic heterocycles. The number of anilines is 1. The molecule has 0 unspecified atom stereocenters. The Morgan fingerprint density at radius 1 is 0.955 bits per heavy atom. The quantitative estimate of drug-likeness (QED) is 0.694. The van der Waals surface area contributed by atoms with Gasteiger partial charge in [-0.2, -0.15) is 0 Å². The Labute approximate surface area is 140 Å². The highest BCUT2D eigenvalue weighted by Crippen LogP contribution is 2.29. The SMILES string of the molecule is CCCOc1ccc(CNc2ccc(Br)cc2)cc1OCC. The zero-order valence-corrected chi connectivity index (χ0v) is 14.7. The van der Waals surface area contributed by atoms with Gasteiger partial charge in [-0.1, -0.05) is 28.9 Å². The molecule has 0 saturated heterocycles. The van der Waals surface area contributed by atoms with Crippen molar-refractivity contribution in [3.63, 3.8) is 0 Å². The summed E-state index contributed by atoms with van der Waals surface area (Å²) in [5.74, 6) is 1.63. The monoisotopic (exact) mass is 363 g/mol. The van der Waals surface area contributed by atoms with Gasteiger partial charge in [-0.3, -0.25) is 0 Å². The van der Waals surface area contributed by atoms with E-state index in [9.17, 15) is 0 Å². The lowest BCUT2D eigenvalue weighted by molar-refractivity contribution is 0.276. The lowest BCUT2D eigenvalue weighted by Crippen LogP contribution is -2.03. The van der Waals surface area contributed by atoms with E-state index >= 15 is 0 Å². The number of hydrogen-bond acceptors (Lipinski definition) is 3. The van der Waals surface area contributed by atoms with Gasteiger partial charge in [0.05, 0.1) is 13.2 Å². The average molecular weight is 364 g/mol. The number of rotatable bonds is 8. The summed E-state index contributed by atoms with van der Waals surface area (Å²) in [5, 5.41) is 3.40. The summed E-state index contributed by atoms with van der Waals surface area (Å²) >= 11 is 3.44. The van der Waals surface area contributed by atoms with E-state index in [4.69, 9.17) is 9.47 Å². The Hall–Kier alpha value is -1.68. The molecule has 0 bridgehead atoms. The molecule has 2 aromatic carbocycles. The summed E-state index contributed by atoms with van der Waals surface area (Å²) in [6, 6.07) is 14.2. The van der Waals surface area contributed by atoms with Crippen LogP contribution in [0.3, 0.4) is 0 Å². The van der Waals surface area contributed by atoms with Crippen LogP contribution in [0.25, 0.3) is 0 Å². The predicted octanol–water partition coefficient (Wildman–Crippen LogP) is 5.25. The summed E-state index contributed by atoms with van der Waals surface area (Å²) in [4.78, 5) is 0. The van der Waals surface area contributed by atoms with Gasteiger partial charge in [-0.25, -0.2) is 0 Å². The first-order chi connectivity index (χ1) is 10.7. The predicted molar refractivity (Wildman–Crippen MR) is 94.9 cm³/mol. The fraction of sp³-hybridized carbons (Fsp3) is 0.333. The molecule has 1 N–H and O–H groups in total. The van der Waals surface area contributed by atoms with E-state index in [2.05, 4.69) is 34.2 Å². The van der Waals surface area contributed by atoms with Crippen LogP contribution in [0.15, 0.2) is 46.9 Å². The largest absolute Gasteiger partial charge is 0.490 e. The van der Waals surface area contributed by atoms with Crippen LogP contribution in [-0.2, 0) is 6.54 Å². The summed E-state index contributed by atoms with van der Waals surface area (Å²) in [6.45, 7) is 6.16. The molecule has 0 aliphatic carbocycles. The van der Waals surface area contributed by atoms with Gasteiger partial charge in [0.1, 0.15) is 0 Å². The number of benzene rings is 2. The standard InChI is InChI=1S/C18H22BrNO2/c1-3-11-22-17-10-5-14(12-18(17)21-4-2)13-20-16-8-6-15(19)7-9-16/h5-10,12,20H,3-4,11,13H2,1-2H3. The highest BCUT2D eigenvalue weighted by Gasteiger charge is 2.06. The second-order valence-corrected chi connectivity index (χ2v) is 5.84. The minimum absolute atomic E-state index is 0.631. The summed E-state index contributed by atoms with van der Waals surface area (Å²) in [7, 11) is 0. The molecule has 0 aliphatic rings. The summed E-state index contributed by atoms with van der Waals surface area (Å²) in [6.07, 6.45) is 0.985. The normalized spacial score (nSPS) is 10.3. The van der Waals surface area contributed by atoms with Crippen molar-refractivity contribution in [3.05, 3.63) is 52.5 Å². The van der Waals surface area contributed by atoms with Crippen LogP contribution in [0.4, 0.5) is 5.69 Å². The van der Waals surface area contributed by atoms with Crippen molar-refractivity contribution in [2.24, 2.45) is 0 Å². The van der Waals surface area contributed by atoms with E-state index in [1.54, 1.807) is 0 Å². The van der Waals surface area contributed by atoms with E-state index in [1.807, 2.05) is 43.3 Å². The van der Waals surface area contributed by atoms with Crippen LogP contribution >= 0.6 is 15.9 Å². The molecule has 4 heteroatoms. The first-order valence-electron chi connectivity index (χ1n) is 7.61. The molecule has 0 heterocycles. The van der Waals surface area contributed by atoms with Gasteiger partial charge < -0.3 is 14.8 Å². The van der Waals surface area contributed by atoms with E-state index < -0.39 is 0 Å². The van der Waals surface area contributed by atoms with Crippen molar-refractivity contribution in [3.8, 4) is 11.5 Å².